The summed E-state index contributed by atoms with van der Waals surface area (Å²) < 4.78 is 26.3. The molecule has 0 bridgehead atoms. The summed E-state index contributed by atoms with van der Waals surface area (Å²) in [5.74, 6) is -2.07. The van der Waals surface area contributed by atoms with E-state index in [-0.39, 0.29) is 22.4 Å². The highest BCUT2D eigenvalue weighted by atomic mass is 19.1. The molecule has 0 spiro atoms. The van der Waals surface area contributed by atoms with Crippen molar-refractivity contribution in [1.82, 2.24) is 0 Å². The number of benzene rings is 3. The van der Waals surface area contributed by atoms with E-state index in [4.69, 9.17) is 5.26 Å². The van der Waals surface area contributed by atoms with Crippen LogP contribution in [0.4, 0.5) is 20.2 Å². The van der Waals surface area contributed by atoms with Gasteiger partial charge in [-0.15, -0.1) is 0 Å². The summed E-state index contributed by atoms with van der Waals surface area (Å²) in [7, 11) is 0. The lowest BCUT2D eigenvalue weighted by Gasteiger charge is -2.09. The van der Waals surface area contributed by atoms with Gasteiger partial charge in [0, 0.05) is 22.5 Å². The van der Waals surface area contributed by atoms with Crippen molar-refractivity contribution in [3.05, 3.63) is 95.1 Å². The number of halogens is 2. The summed E-state index contributed by atoms with van der Waals surface area (Å²) in [5, 5.41) is 14.1. The summed E-state index contributed by atoms with van der Waals surface area (Å²) in [6.45, 7) is 0. The molecular formula is C21H13F2N3O2. The first-order valence-corrected chi connectivity index (χ1v) is 8.14. The molecule has 28 heavy (non-hydrogen) atoms. The Morgan fingerprint density at radius 2 is 1.43 bits per heavy atom. The van der Waals surface area contributed by atoms with E-state index in [1.807, 2.05) is 0 Å². The molecule has 0 heterocycles. The third kappa shape index (κ3) is 4.37. The standard InChI is InChI=1S/C21H13F2N3O2/c22-16-6-4-13(5-7-16)20(27)25-17-3-1-2-14(10-17)21(28)26-18-8-9-19(23)15(11-18)12-24/h1-11H,(H,25,27)(H,26,28). The molecule has 0 atom stereocenters. The quantitative estimate of drug-likeness (QED) is 0.710. The maximum atomic E-state index is 13.4. The van der Waals surface area contributed by atoms with Crippen LogP contribution in [0.3, 0.4) is 0 Å². The van der Waals surface area contributed by atoms with Gasteiger partial charge in [0.1, 0.15) is 17.7 Å². The van der Waals surface area contributed by atoms with E-state index in [0.717, 1.165) is 6.07 Å². The smallest absolute Gasteiger partial charge is 0.255 e. The van der Waals surface area contributed by atoms with Crippen molar-refractivity contribution in [2.45, 2.75) is 0 Å². The van der Waals surface area contributed by atoms with Crippen molar-refractivity contribution >= 4 is 23.2 Å². The van der Waals surface area contributed by atoms with Crippen LogP contribution in [0, 0.1) is 23.0 Å². The molecule has 138 valence electrons. The van der Waals surface area contributed by atoms with Crippen molar-refractivity contribution in [1.29, 1.82) is 5.26 Å². The van der Waals surface area contributed by atoms with Gasteiger partial charge in [-0.3, -0.25) is 9.59 Å². The van der Waals surface area contributed by atoms with Crippen LogP contribution in [-0.2, 0) is 0 Å². The van der Waals surface area contributed by atoms with Crippen molar-refractivity contribution < 1.29 is 18.4 Å². The second-order valence-electron chi connectivity index (χ2n) is 5.80. The fraction of sp³-hybridized carbons (Fsp3) is 0. The van der Waals surface area contributed by atoms with Crippen LogP contribution in [-0.4, -0.2) is 11.8 Å². The summed E-state index contributed by atoms with van der Waals surface area (Å²) in [4.78, 5) is 24.6. The highest BCUT2D eigenvalue weighted by Crippen LogP contribution is 2.17. The van der Waals surface area contributed by atoms with Crippen LogP contribution in [0.15, 0.2) is 66.7 Å². The third-order valence-electron chi connectivity index (χ3n) is 3.83. The molecule has 3 aromatic rings. The normalized spacial score (nSPS) is 10.0. The van der Waals surface area contributed by atoms with Gasteiger partial charge in [0.15, 0.2) is 0 Å². The lowest BCUT2D eigenvalue weighted by Crippen LogP contribution is -2.14. The van der Waals surface area contributed by atoms with Gasteiger partial charge >= 0.3 is 0 Å². The summed E-state index contributed by atoms with van der Waals surface area (Å²) in [6.07, 6.45) is 0. The van der Waals surface area contributed by atoms with Gasteiger partial charge in [-0.1, -0.05) is 6.07 Å². The Balaban J connectivity index is 1.73. The average Bonchev–Trinajstić information content (AvgIpc) is 2.70. The first-order chi connectivity index (χ1) is 13.5. The number of anilines is 2. The number of nitriles is 1. The molecule has 5 nitrogen and oxygen atoms in total. The number of hydrogen-bond donors (Lipinski definition) is 2. The predicted molar refractivity (Wildman–Crippen MR) is 99.9 cm³/mol. The Hall–Kier alpha value is -4.05. The Bertz CT molecular complexity index is 1090. The highest BCUT2D eigenvalue weighted by Gasteiger charge is 2.11. The third-order valence-corrected chi connectivity index (χ3v) is 3.83. The van der Waals surface area contributed by atoms with Crippen LogP contribution < -0.4 is 10.6 Å². The van der Waals surface area contributed by atoms with Gasteiger partial charge < -0.3 is 10.6 Å². The molecule has 7 heteroatoms. The van der Waals surface area contributed by atoms with Crippen molar-refractivity contribution in [2.24, 2.45) is 0 Å². The second kappa shape index (κ2) is 8.10. The fourth-order valence-electron chi connectivity index (χ4n) is 2.43. The predicted octanol–water partition coefficient (Wildman–Crippen LogP) is 4.34. The monoisotopic (exact) mass is 377 g/mol. The molecule has 0 aliphatic carbocycles. The van der Waals surface area contributed by atoms with E-state index in [0.29, 0.717) is 5.69 Å². The van der Waals surface area contributed by atoms with E-state index in [1.165, 1.54) is 48.5 Å². The second-order valence-corrected chi connectivity index (χ2v) is 5.80. The minimum atomic E-state index is -0.675. The van der Waals surface area contributed by atoms with E-state index in [2.05, 4.69) is 10.6 Å². The zero-order chi connectivity index (χ0) is 20.1. The molecule has 0 aromatic heterocycles. The van der Waals surface area contributed by atoms with Crippen LogP contribution in [0.25, 0.3) is 0 Å². The molecule has 0 unspecified atom stereocenters. The molecule has 0 aliphatic heterocycles. The maximum absolute atomic E-state index is 13.4. The zero-order valence-corrected chi connectivity index (χ0v) is 14.4. The first kappa shape index (κ1) is 18.7. The topological polar surface area (TPSA) is 82.0 Å². The Labute approximate surface area is 159 Å². The number of amides is 2. The van der Waals surface area contributed by atoms with Crippen molar-refractivity contribution in [2.75, 3.05) is 10.6 Å². The van der Waals surface area contributed by atoms with E-state index in [9.17, 15) is 18.4 Å². The van der Waals surface area contributed by atoms with Crippen LogP contribution in [0.1, 0.15) is 26.3 Å². The number of nitrogens with one attached hydrogen (secondary N) is 2. The molecule has 0 saturated heterocycles. The highest BCUT2D eigenvalue weighted by molar-refractivity contribution is 6.07. The molecule has 0 radical (unpaired) electrons. The maximum Gasteiger partial charge on any atom is 0.255 e. The van der Waals surface area contributed by atoms with Gasteiger partial charge in [0.2, 0.25) is 0 Å². The molecule has 2 amide bonds. The van der Waals surface area contributed by atoms with E-state index in [1.54, 1.807) is 18.2 Å². The molecular weight excluding hydrogens is 364 g/mol. The summed E-state index contributed by atoms with van der Waals surface area (Å²) in [5.41, 5.74) is 0.979. The molecule has 0 saturated carbocycles. The minimum Gasteiger partial charge on any atom is -0.322 e. The SMILES string of the molecule is N#Cc1cc(NC(=O)c2cccc(NC(=O)c3ccc(F)cc3)c2)ccc1F. The van der Waals surface area contributed by atoms with Gasteiger partial charge in [-0.05, 0) is 60.7 Å². The van der Waals surface area contributed by atoms with Crippen molar-refractivity contribution in [3.63, 3.8) is 0 Å². The largest absolute Gasteiger partial charge is 0.322 e. The first-order valence-electron chi connectivity index (χ1n) is 8.14. The van der Waals surface area contributed by atoms with Gasteiger partial charge in [-0.2, -0.15) is 5.26 Å². The van der Waals surface area contributed by atoms with Gasteiger partial charge in [0.05, 0.1) is 5.56 Å². The van der Waals surface area contributed by atoms with Crippen molar-refractivity contribution in [3.8, 4) is 6.07 Å². The number of carbonyl (C=O) groups is 2. The van der Waals surface area contributed by atoms with Gasteiger partial charge in [-0.25, -0.2) is 8.78 Å². The number of hydrogen-bond acceptors (Lipinski definition) is 3. The van der Waals surface area contributed by atoms with Crippen LogP contribution in [0.5, 0.6) is 0 Å². The Morgan fingerprint density at radius 1 is 0.786 bits per heavy atom. The molecule has 2 N–H and O–H groups in total. The Morgan fingerprint density at radius 3 is 2.11 bits per heavy atom. The molecule has 3 aromatic carbocycles. The van der Waals surface area contributed by atoms with Crippen LogP contribution >= 0.6 is 0 Å². The number of rotatable bonds is 4. The van der Waals surface area contributed by atoms with Gasteiger partial charge in [0.25, 0.3) is 11.8 Å². The van der Waals surface area contributed by atoms with Crippen LogP contribution in [0.2, 0.25) is 0 Å². The van der Waals surface area contributed by atoms with E-state index >= 15 is 0 Å². The minimum absolute atomic E-state index is 0.182. The summed E-state index contributed by atoms with van der Waals surface area (Å²) in [6, 6.07) is 16.6. The number of nitrogens with zero attached hydrogens (tertiary/aromatic N) is 1. The Kier molecular flexibility index (Phi) is 5.42. The zero-order valence-electron chi connectivity index (χ0n) is 14.4. The lowest BCUT2D eigenvalue weighted by molar-refractivity contribution is 0.101. The molecule has 0 aliphatic rings. The molecule has 3 rings (SSSR count). The fourth-order valence-corrected chi connectivity index (χ4v) is 2.43. The summed E-state index contributed by atoms with van der Waals surface area (Å²) >= 11 is 0. The van der Waals surface area contributed by atoms with E-state index < -0.39 is 23.4 Å². The lowest BCUT2D eigenvalue weighted by atomic mass is 10.1. The number of carbonyl (C=O) groups excluding carboxylic acids is 2. The molecule has 0 fully saturated rings. The average molecular weight is 377 g/mol.